The van der Waals surface area contributed by atoms with Crippen molar-refractivity contribution in [3.05, 3.63) is 53.1 Å². The second-order valence-corrected chi connectivity index (χ2v) is 8.28. The van der Waals surface area contributed by atoms with Crippen LogP contribution in [0.25, 0.3) is 0 Å². The van der Waals surface area contributed by atoms with E-state index in [0.29, 0.717) is 11.4 Å². The molecule has 28 heavy (non-hydrogen) atoms. The number of aliphatic imine (C=N–C) groups is 1. The van der Waals surface area contributed by atoms with Crippen molar-refractivity contribution in [3.63, 3.8) is 0 Å². The van der Waals surface area contributed by atoms with Gasteiger partial charge in [0.05, 0.1) is 11.4 Å². The Morgan fingerprint density at radius 2 is 1.43 bits per heavy atom. The van der Waals surface area contributed by atoms with Crippen LogP contribution in [-0.4, -0.2) is 11.3 Å². The Morgan fingerprint density at radius 3 is 1.89 bits per heavy atom. The first-order valence-electron chi connectivity index (χ1n) is 8.26. The predicted molar refractivity (Wildman–Crippen MR) is 104 cm³/mol. The third-order valence-corrected chi connectivity index (χ3v) is 4.09. The molecule has 0 fully saturated rings. The Labute approximate surface area is 198 Å². The van der Waals surface area contributed by atoms with Crippen LogP contribution < -0.4 is 43.0 Å². The summed E-state index contributed by atoms with van der Waals surface area (Å²) in [5, 5.41) is 10.7. The van der Waals surface area contributed by atoms with Gasteiger partial charge in [-0.1, -0.05) is 59.7 Å². The fraction of sp³-hybridized carbons (Fsp3) is 0.381. The number of phenolic OH excluding ortho intramolecular Hbond substituents is 1. The van der Waals surface area contributed by atoms with Gasteiger partial charge >= 0.3 is 17.4 Å². The molecule has 0 atom stereocenters. The van der Waals surface area contributed by atoms with E-state index in [-0.39, 0.29) is 71.2 Å². The monoisotopic (exact) mass is 481 g/mol. The molecule has 3 nitrogen and oxygen atoms in total. The van der Waals surface area contributed by atoms with Gasteiger partial charge in [-0.2, -0.15) is 0 Å². The molecule has 0 bridgehead atoms. The second-order valence-electron chi connectivity index (χ2n) is 8.28. The maximum absolute atomic E-state index is 10.7. The van der Waals surface area contributed by atoms with Crippen LogP contribution in [0.5, 0.6) is 5.75 Å². The summed E-state index contributed by atoms with van der Waals surface area (Å²) >= 11 is 0. The number of hydrogen-bond donors (Lipinski definition) is 2. The Balaban J connectivity index is -0.00000156. The molecule has 0 spiro atoms. The van der Waals surface area contributed by atoms with E-state index < -0.39 is 0 Å². The van der Waals surface area contributed by atoms with Crippen LogP contribution in [0.15, 0.2) is 41.4 Å². The molecule has 0 amide bonds. The number of nitrogens with two attached hydrogens (primary N) is 1. The van der Waals surface area contributed by atoms with E-state index >= 15 is 0 Å². The number of nitrogen functional groups attached to an aromatic ring is 1. The molecule has 2 aromatic carbocycles. The zero-order valence-electron chi connectivity index (χ0n) is 17.1. The van der Waals surface area contributed by atoms with Gasteiger partial charge in [-0.3, -0.25) is 4.99 Å². The van der Waals surface area contributed by atoms with Crippen LogP contribution in [0.2, 0.25) is 0 Å². The minimum atomic E-state index is -0.153. The van der Waals surface area contributed by atoms with Crippen LogP contribution in [-0.2, 0) is 28.2 Å². The first kappa shape index (κ1) is 31.8. The van der Waals surface area contributed by atoms with Crippen molar-refractivity contribution in [2.24, 2.45) is 4.99 Å². The van der Waals surface area contributed by atoms with Crippen molar-refractivity contribution in [1.29, 1.82) is 0 Å². The molecule has 0 heterocycles. The van der Waals surface area contributed by atoms with E-state index in [1.165, 1.54) is 5.56 Å². The van der Waals surface area contributed by atoms with Gasteiger partial charge in [0.25, 0.3) is 0 Å². The summed E-state index contributed by atoms with van der Waals surface area (Å²) in [6.07, 6.45) is 1.70. The number of rotatable bonds is 2. The summed E-state index contributed by atoms with van der Waals surface area (Å²) in [4.78, 5) is 4.47. The molecule has 0 aromatic heterocycles. The van der Waals surface area contributed by atoms with Crippen LogP contribution in [0.1, 0.15) is 58.2 Å². The van der Waals surface area contributed by atoms with Gasteiger partial charge < -0.3 is 48.1 Å². The average Bonchev–Trinajstić information content (AvgIpc) is 2.45. The average molecular weight is 483 g/mol. The molecule has 2 aromatic rings. The normalized spacial score (nSPS) is 10.9. The molecule has 155 valence electrons. The fourth-order valence-electron chi connectivity index (χ4n) is 2.50. The zero-order valence-corrected chi connectivity index (χ0v) is 20.6. The van der Waals surface area contributed by atoms with Crippen molar-refractivity contribution in [2.45, 2.75) is 52.4 Å². The van der Waals surface area contributed by atoms with Crippen molar-refractivity contribution < 1.29 is 59.7 Å². The largest absolute Gasteiger partial charge is 3.00 e. The fourth-order valence-corrected chi connectivity index (χ4v) is 2.50. The molecule has 2 rings (SSSR count). The first-order chi connectivity index (χ1) is 11.0. The van der Waals surface area contributed by atoms with E-state index in [1.807, 2.05) is 30.3 Å². The summed E-state index contributed by atoms with van der Waals surface area (Å²) in [5.74, 6) is 0.286. The molecule has 0 unspecified atom stereocenters. The van der Waals surface area contributed by atoms with E-state index in [0.717, 1.165) is 11.1 Å². The number of halogens is 3. The van der Waals surface area contributed by atoms with Crippen molar-refractivity contribution in [1.82, 2.24) is 0 Å². The van der Waals surface area contributed by atoms with Gasteiger partial charge in [0.1, 0.15) is 5.75 Å². The molecule has 7 heteroatoms. The number of phenols is 1. The SMILES string of the molecule is CC(C)(C)c1cc(C=Nc2ccccc2N)c(O)c(C(C)(C)C)c1.[Cl-].[Cl-].[Cl-].[Cr+3]. The van der Waals surface area contributed by atoms with Crippen molar-refractivity contribution in [2.75, 3.05) is 5.73 Å². The molecular weight excluding hydrogens is 455 g/mol. The number of anilines is 1. The molecule has 3 N–H and O–H groups in total. The number of benzene rings is 2. The van der Waals surface area contributed by atoms with Crippen molar-refractivity contribution >= 4 is 17.6 Å². The Morgan fingerprint density at radius 1 is 0.893 bits per heavy atom. The summed E-state index contributed by atoms with van der Waals surface area (Å²) < 4.78 is 0. The molecule has 0 aliphatic carbocycles. The molecular formula is C21H28Cl3CrN2O. The number of para-hydroxylation sites is 2. The van der Waals surface area contributed by atoms with Crippen LogP contribution in [0.4, 0.5) is 11.4 Å². The maximum atomic E-state index is 10.7. The van der Waals surface area contributed by atoms with E-state index in [4.69, 9.17) is 5.73 Å². The van der Waals surface area contributed by atoms with Crippen LogP contribution >= 0.6 is 0 Å². The molecule has 0 aliphatic heterocycles. The second kappa shape index (κ2) is 12.0. The predicted octanol–water partition coefficient (Wildman–Crippen LogP) is -3.67. The van der Waals surface area contributed by atoms with Gasteiger partial charge in [-0.05, 0) is 34.6 Å². The number of aromatic hydroxyl groups is 1. The minimum absolute atomic E-state index is 0. The summed E-state index contributed by atoms with van der Waals surface area (Å²) in [5.41, 5.74) is 9.93. The summed E-state index contributed by atoms with van der Waals surface area (Å²) in [6, 6.07) is 11.6. The maximum Gasteiger partial charge on any atom is 3.00 e. The van der Waals surface area contributed by atoms with Gasteiger partial charge in [0.2, 0.25) is 0 Å². The summed E-state index contributed by atoms with van der Waals surface area (Å²) in [6.45, 7) is 12.8. The van der Waals surface area contributed by atoms with Crippen LogP contribution in [0.3, 0.4) is 0 Å². The summed E-state index contributed by atoms with van der Waals surface area (Å²) in [7, 11) is 0. The molecule has 1 radical (unpaired) electrons. The molecule has 0 saturated heterocycles. The smallest absolute Gasteiger partial charge is 1.00 e. The van der Waals surface area contributed by atoms with E-state index in [9.17, 15) is 5.11 Å². The quantitative estimate of drug-likeness (QED) is 0.342. The van der Waals surface area contributed by atoms with Crippen LogP contribution in [0, 0.1) is 0 Å². The van der Waals surface area contributed by atoms with Gasteiger partial charge in [-0.15, -0.1) is 0 Å². The van der Waals surface area contributed by atoms with Gasteiger partial charge in [-0.25, -0.2) is 0 Å². The Bertz CT molecular complexity index is 782. The zero-order chi connectivity index (χ0) is 18.1. The first-order valence-corrected chi connectivity index (χ1v) is 8.26. The third kappa shape index (κ3) is 7.86. The Hall–Kier alpha value is -0.888. The van der Waals surface area contributed by atoms with Crippen molar-refractivity contribution in [3.8, 4) is 5.75 Å². The minimum Gasteiger partial charge on any atom is -1.00 e. The number of hydrogen-bond acceptors (Lipinski definition) is 3. The van der Waals surface area contributed by atoms with E-state index in [1.54, 1.807) is 6.21 Å². The molecule has 0 saturated carbocycles. The van der Waals surface area contributed by atoms with E-state index in [2.05, 4.69) is 52.6 Å². The topological polar surface area (TPSA) is 58.6 Å². The van der Waals surface area contributed by atoms with Gasteiger partial charge in [0, 0.05) is 17.3 Å². The third-order valence-electron chi connectivity index (χ3n) is 4.09. The van der Waals surface area contributed by atoms with Gasteiger partial charge in [0.15, 0.2) is 0 Å². The molecule has 0 aliphatic rings. The Kier molecular flexibility index (Phi) is 13.6. The standard InChI is InChI=1S/C21H28N2O.3ClH.Cr/c1-20(2,3)15-11-14(19(24)16(12-15)21(4,5)6)13-23-18-10-8-7-9-17(18)22;;;;/h7-13,24H,22H2,1-6H3;3*1H;/q;;;;+3/p-3. The number of nitrogens with zero attached hydrogens (tertiary/aromatic N) is 1.